The molecule has 0 unspecified atom stereocenters. The first-order valence-corrected chi connectivity index (χ1v) is 6.22. The van der Waals surface area contributed by atoms with Crippen molar-refractivity contribution < 1.29 is 19.6 Å². The molecule has 4 atom stereocenters. The highest BCUT2D eigenvalue weighted by molar-refractivity contribution is 5.79. The zero-order valence-electron chi connectivity index (χ0n) is 10.1. The number of benzene rings is 1. The van der Waals surface area contributed by atoms with Gasteiger partial charge in [0, 0.05) is 10.5 Å². The van der Waals surface area contributed by atoms with E-state index in [9.17, 15) is 20.0 Å². The van der Waals surface area contributed by atoms with Crippen molar-refractivity contribution in [1.29, 1.82) is 0 Å². The molecule has 6 nitrogen and oxygen atoms in total. The fraction of sp³-hybridized carbons (Fsp3) is 0.462. The van der Waals surface area contributed by atoms with Crippen LogP contribution in [0.1, 0.15) is 24.3 Å². The number of fused-ring (bicyclic) bond motifs is 3. The lowest BCUT2D eigenvalue weighted by Gasteiger charge is -2.38. The number of hydrogen-bond donors (Lipinski definition) is 1. The van der Waals surface area contributed by atoms with Gasteiger partial charge in [-0.15, -0.1) is 0 Å². The molecule has 19 heavy (non-hydrogen) atoms. The summed E-state index contributed by atoms with van der Waals surface area (Å²) in [6.45, 7) is 0. The second kappa shape index (κ2) is 4.31. The maximum absolute atomic E-state index is 11.9. The summed E-state index contributed by atoms with van der Waals surface area (Å²) in [7, 11) is 0. The number of ether oxygens (including phenoxy) is 1. The van der Waals surface area contributed by atoms with Gasteiger partial charge in [0.05, 0.1) is 11.8 Å². The van der Waals surface area contributed by atoms with Gasteiger partial charge in [-0.1, -0.05) is 18.2 Å². The highest BCUT2D eigenvalue weighted by atomic mass is 16.6. The molecule has 1 aliphatic carbocycles. The molecule has 0 amide bonds. The molecule has 1 saturated carbocycles. The van der Waals surface area contributed by atoms with E-state index < -0.39 is 34.9 Å². The van der Waals surface area contributed by atoms with Crippen molar-refractivity contribution >= 4 is 5.97 Å². The third-order valence-corrected chi connectivity index (χ3v) is 4.00. The Balaban J connectivity index is 2.12. The van der Waals surface area contributed by atoms with Gasteiger partial charge in [0.15, 0.2) is 0 Å². The lowest BCUT2D eigenvalue weighted by atomic mass is 9.70. The number of rotatable bonds is 1. The van der Waals surface area contributed by atoms with E-state index in [2.05, 4.69) is 0 Å². The predicted octanol–water partition coefficient (Wildman–Crippen LogP) is 1.11. The Kier molecular flexibility index (Phi) is 2.74. The van der Waals surface area contributed by atoms with Crippen LogP contribution in [-0.2, 0) is 4.79 Å². The van der Waals surface area contributed by atoms with Gasteiger partial charge in [-0.3, -0.25) is 14.9 Å². The van der Waals surface area contributed by atoms with Crippen molar-refractivity contribution in [1.82, 2.24) is 0 Å². The summed E-state index contributed by atoms with van der Waals surface area (Å²) in [5.41, 5.74) is 0.646. The minimum atomic E-state index is -1.15. The van der Waals surface area contributed by atoms with Crippen molar-refractivity contribution in [2.45, 2.75) is 30.9 Å². The second-order valence-electron chi connectivity index (χ2n) is 5.01. The molecule has 1 fully saturated rings. The highest BCUT2D eigenvalue weighted by Crippen LogP contribution is 2.46. The first kappa shape index (κ1) is 12.1. The topological polar surface area (TPSA) is 89.7 Å². The SMILES string of the molecule is O=C1Oc2ccccc2[C@H]2[C@H]([N+](=O)[O-])[C@H](O)CC[C@@H]12. The lowest BCUT2D eigenvalue weighted by Crippen LogP contribution is -2.50. The smallest absolute Gasteiger partial charge is 0.315 e. The van der Waals surface area contributed by atoms with Gasteiger partial charge in [0.25, 0.3) is 0 Å². The third kappa shape index (κ3) is 1.79. The summed E-state index contributed by atoms with van der Waals surface area (Å²) in [6.07, 6.45) is -0.344. The largest absolute Gasteiger partial charge is 0.426 e. The molecule has 0 radical (unpaired) electrons. The molecule has 1 N–H and O–H groups in total. The van der Waals surface area contributed by atoms with Crippen molar-refractivity contribution in [3.05, 3.63) is 39.9 Å². The van der Waals surface area contributed by atoms with E-state index >= 15 is 0 Å². The summed E-state index contributed by atoms with van der Waals surface area (Å²) in [5.74, 6) is -1.19. The number of hydrogen-bond acceptors (Lipinski definition) is 5. The highest BCUT2D eigenvalue weighted by Gasteiger charge is 2.53. The van der Waals surface area contributed by atoms with E-state index in [1.165, 1.54) is 0 Å². The van der Waals surface area contributed by atoms with Crippen LogP contribution in [0.3, 0.4) is 0 Å². The van der Waals surface area contributed by atoms with Gasteiger partial charge >= 0.3 is 5.97 Å². The quantitative estimate of drug-likeness (QED) is 0.355. The molecule has 0 aromatic heterocycles. The standard InChI is InChI=1S/C13H13NO5/c15-9-6-5-8-11(12(9)14(17)18)7-3-1-2-4-10(7)19-13(8)16/h1-4,8-9,11-12,15H,5-6H2/t8-,9-,11-,12-/m1/s1. The number of aliphatic hydroxyl groups excluding tert-OH is 1. The van der Waals surface area contributed by atoms with Crippen LogP contribution in [0, 0.1) is 16.0 Å². The molecule has 0 spiro atoms. The molecule has 0 saturated heterocycles. The molecule has 0 bridgehead atoms. The van der Waals surface area contributed by atoms with E-state index in [4.69, 9.17) is 4.74 Å². The number of nitrogens with zero attached hydrogens (tertiary/aromatic N) is 1. The Morgan fingerprint density at radius 3 is 2.79 bits per heavy atom. The minimum Gasteiger partial charge on any atom is -0.426 e. The van der Waals surface area contributed by atoms with E-state index in [1.54, 1.807) is 24.3 Å². The molecule has 2 aliphatic rings. The molecule has 3 rings (SSSR count). The summed E-state index contributed by atoms with van der Waals surface area (Å²) in [5, 5.41) is 21.1. The van der Waals surface area contributed by atoms with Crippen LogP contribution in [0.15, 0.2) is 24.3 Å². The second-order valence-corrected chi connectivity index (χ2v) is 5.01. The van der Waals surface area contributed by atoms with Crippen LogP contribution in [-0.4, -0.2) is 28.1 Å². The van der Waals surface area contributed by atoms with Crippen LogP contribution in [0.4, 0.5) is 0 Å². The number of nitro groups is 1. The van der Waals surface area contributed by atoms with Crippen molar-refractivity contribution in [2.75, 3.05) is 0 Å². The first-order chi connectivity index (χ1) is 9.09. The van der Waals surface area contributed by atoms with Crippen LogP contribution in [0.5, 0.6) is 5.75 Å². The molecule has 1 aromatic rings. The van der Waals surface area contributed by atoms with E-state index in [0.29, 0.717) is 17.7 Å². The molecule has 6 heteroatoms. The fourth-order valence-electron chi connectivity index (χ4n) is 3.15. The normalized spacial score (nSPS) is 33.0. The number of aliphatic hydroxyl groups is 1. The number of esters is 1. The van der Waals surface area contributed by atoms with Gasteiger partial charge < -0.3 is 9.84 Å². The minimum absolute atomic E-state index is 0.254. The summed E-state index contributed by atoms with van der Waals surface area (Å²) < 4.78 is 5.22. The molecule has 1 aliphatic heterocycles. The van der Waals surface area contributed by atoms with Crippen molar-refractivity contribution in [3.8, 4) is 5.75 Å². The van der Waals surface area contributed by atoms with Crippen LogP contribution in [0.25, 0.3) is 0 Å². The zero-order chi connectivity index (χ0) is 13.6. The maximum Gasteiger partial charge on any atom is 0.315 e. The molecule has 1 aromatic carbocycles. The Morgan fingerprint density at radius 1 is 1.32 bits per heavy atom. The number of carbonyl (C=O) groups is 1. The molecular formula is C13H13NO5. The van der Waals surface area contributed by atoms with E-state index in [1.807, 2.05) is 0 Å². The third-order valence-electron chi connectivity index (χ3n) is 4.00. The Bertz CT molecular complexity index is 544. The molecule has 100 valence electrons. The average Bonchev–Trinajstić information content (AvgIpc) is 2.38. The maximum atomic E-state index is 11.9. The Morgan fingerprint density at radius 2 is 2.05 bits per heavy atom. The number of para-hydroxylation sites is 1. The van der Waals surface area contributed by atoms with Crippen LogP contribution >= 0.6 is 0 Å². The van der Waals surface area contributed by atoms with Gasteiger partial charge in [0.2, 0.25) is 6.04 Å². The van der Waals surface area contributed by atoms with Crippen molar-refractivity contribution in [2.24, 2.45) is 5.92 Å². The zero-order valence-corrected chi connectivity index (χ0v) is 10.1. The van der Waals surface area contributed by atoms with Gasteiger partial charge in [0.1, 0.15) is 11.9 Å². The lowest BCUT2D eigenvalue weighted by molar-refractivity contribution is -0.543. The Labute approximate surface area is 109 Å². The van der Waals surface area contributed by atoms with E-state index in [0.717, 1.165) is 0 Å². The average molecular weight is 263 g/mol. The van der Waals surface area contributed by atoms with Crippen LogP contribution < -0.4 is 4.74 Å². The van der Waals surface area contributed by atoms with Crippen LogP contribution in [0.2, 0.25) is 0 Å². The van der Waals surface area contributed by atoms with Gasteiger partial charge in [-0.05, 0) is 18.9 Å². The first-order valence-electron chi connectivity index (χ1n) is 6.22. The summed E-state index contributed by atoms with van der Waals surface area (Å²) in [6, 6.07) is 5.68. The fourth-order valence-corrected chi connectivity index (χ4v) is 3.15. The van der Waals surface area contributed by atoms with Gasteiger partial charge in [-0.25, -0.2) is 0 Å². The molecule has 1 heterocycles. The predicted molar refractivity (Wildman–Crippen MR) is 64.3 cm³/mol. The summed E-state index contributed by atoms with van der Waals surface area (Å²) in [4.78, 5) is 22.7. The summed E-state index contributed by atoms with van der Waals surface area (Å²) >= 11 is 0. The monoisotopic (exact) mass is 263 g/mol. The van der Waals surface area contributed by atoms with E-state index in [-0.39, 0.29) is 6.42 Å². The van der Waals surface area contributed by atoms with Gasteiger partial charge in [-0.2, -0.15) is 0 Å². The Hall–Kier alpha value is -1.95. The van der Waals surface area contributed by atoms with Crippen molar-refractivity contribution in [3.63, 3.8) is 0 Å². The number of carbonyl (C=O) groups excluding carboxylic acids is 1. The molecular weight excluding hydrogens is 250 g/mol.